The van der Waals surface area contributed by atoms with Gasteiger partial charge in [0.25, 0.3) is 0 Å². The standard InChI is InChI=1S/C23H27F3N4O3/c1-13-12-30-15(14-11-27-28-18(17(13)14)20(2,32)23(24,25)26)10-16(29-30)21-4-7-22(8-5-21,9-6-21)19(31)33-3/h10-11,13,32H,4-9,12H2,1-3H3/t13-,20+,21?,22?/m0/s1. The van der Waals surface area contributed by atoms with Crippen molar-refractivity contribution < 1.29 is 27.8 Å². The normalized spacial score (nSPS) is 30.3. The van der Waals surface area contributed by atoms with Gasteiger partial charge in [0.1, 0.15) is 5.69 Å². The molecule has 4 aliphatic rings. The van der Waals surface area contributed by atoms with Gasteiger partial charge in [-0.05, 0) is 57.1 Å². The van der Waals surface area contributed by atoms with Crippen LogP contribution in [0.3, 0.4) is 0 Å². The summed E-state index contributed by atoms with van der Waals surface area (Å²) >= 11 is 0. The van der Waals surface area contributed by atoms with Crippen molar-refractivity contribution in [2.75, 3.05) is 7.11 Å². The largest absolute Gasteiger partial charge is 0.469 e. The van der Waals surface area contributed by atoms with Gasteiger partial charge < -0.3 is 9.84 Å². The number of rotatable bonds is 3. The molecule has 2 bridgehead atoms. The van der Waals surface area contributed by atoms with Crippen LogP contribution in [0.5, 0.6) is 0 Å². The van der Waals surface area contributed by atoms with Crippen molar-refractivity contribution in [1.29, 1.82) is 0 Å². The van der Waals surface area contributed by atoms with Gasteiger partial charge in [0.2, 0.25) is 5.60 Å². The third-order valence-electron chi connectivity index (χ3n) is 8.31. The number of carbonyl (C=O) groups is 1. The second kappa shape index (κ2) is 7.01. The zero-order chi connectivity index (χ0) is 23.8. The molecule has 3 saturated carbocycles. The van der Waals surface area contributed by atoms with Crippen LogP contribution in [0.15, 0.2) is 12.3 Å². The number of alkyl halides is 3. The number of ether oxygens (including phenoxy) is 1. The molecule has 10 heteroatoms. The van der Waals surface area contributed by atoms with Crippen LogP contribution in [0.25, 0.3) is 11.3 Å². The van der Waals surface area contributed by atoms with Crippen LogP contribution in [0.2, 0.25) is 0 Å². The Morgan fingerprint density at radius 3 is 2.42 bits per heavy atom. The molecule has 1 aliphatic heterocycles. The van der Waals surface area contributed by atoms with E-state index in [4.69, 9.17) is 9.84 Å². The highest BCUT2D eigenvalue weighted by Gasteiger charge is 2.56. The van der Waals surface area contributed by atoms with Crippen LogP contribution in [-0.4, -0.2) is 44.3 Å². The van der Waals surface area contributed by atoms with Gasteiger partial charge in [0.05, 0.1) is 30.1 Å². The molecular weight excluding hydrogens is 437 g/mol. The van der Waals surface area contributed by atoms with E-state index in [1.54, 1.807) is 0 Å². The number of halogens is 3. The average molecular weight is 464 g/mol. The molecule has 7 nitrogen and oxygen atoms in total. The first kappa shape index (κ1) is 22.3. The number of nitrogens with zero attached hydrogens (tertiary/aromatic N) is 4. The van der Waals surface area contributed by atoms with Gasteiger partial charge in [-0.3, -0.25) is 9.48 Å². The van der Waals surface area contributed by atoms with Crippen molar-refractivity contribution in [3.05, 3.63) is 29.2 Å². The first-order valence-electron chi connectivity index (χ1n) is 11.3. The average Bonchev–Trinajstić information content (AvgIpc) is 3.23. The lowest BCUT2D eigenvalue weighted by Gasteiger charge is -2.51. The smallest absolute Gasteiger partial charge is 0.422 e. The highest BCUT2D eigenvalue weighted by Crippen LogP contribution is 2.58. The van der Waals surface area contributed by atoms with Gasteiger partial charge in [-0.2, -0.15) is 28.5 Å². The predicted molar refractivity (Wildman–Crippen MR) is 111 cm³/mol. The van der Waals surface area contributed by atoms with E-state index in [0.717, 1.165) is 51.1 Å². The lowest BCUT2D eigenvalue weighted by Crippen LogP contribution is -2.48. The summed E-state index contributed by atoms with van der Waals surface area (Å²) in [6.45, 7) is 2.92. The molecule has 0 unspecified atom stereocenters. The zero-order valence-corrected chi connectivity index (χ0v) is 18.9. The highest BCUT2D eigenvalue weighted by molar-refractivity contribution is 5.77. The van der Waals surface area contributed by atoms with Crippen molar-refractivity contribution in [3.63, 3.8) is 0 Å². The van der Waals surface area contributed by atoms with E-state index in [1.807, 2.05) is 17.7 Å². The molecule has 0 amide bonds. The minimum Gasteiger partial charge on any atom is -0.469 e. The molecule has 3 aliphatic carbocycles. The summed E-state index contributed by atoms with van der Waals surface area (Å²) in [4.78, 5) is 12.3. The number of carbonyl (C=O) groups excluding carboxylic acids is 1. The third kappa shape index (κ3) is 3.05. The minimum atomic E-state index is -4.88. The van der Waals surface area contributed by atoms with E-state index < -0.39 is 22.9 Å². The van der Waals surface area contributed by atoms with E-state index in [-0.39, 0.29) is 17.3 Å². The molecule has 33 heavy (non-hydrogen) atoms. The Kier molecular flexibility index (Phi) is 4.74. The molecule has 0 aromatic carbocycles. The van der Waals surface area contributed by atoms with Crippen LogP contribution < -0.4 is 0 Å². The molecule has 0 radical (unpaired) electrons. The zero-order valence-electron chi connectivity index (χ0n) is 18.9. The number of fused-ring (bicyclic) bond motifs is 6. The monoisotopic (exact) mass is 464 g/mol. The van der Waals surface area contributed by atoms with Crippen molar-refractivity contribution in [3.8, 4) is 11.3 Å². The Balaban J connectivity index is 1.54. The van der Waals surface area contributed by atoms with Gasteiger partial charge in [-0.15, -0.1) is 0 Å². The lowest BCUT2D eigenvalue weighted by molar-refractivity contribution is -0.260. The number of hydrogen-bond donors (Lipinski definition) is 1. The predicted octanol–water partition coefficient (Wildman–Crippen LogP) is 3.99. The Hall–Kier alpha value is -2.49. The second-order valence-electron chi connectivity index (χ2n) is 10.1. The summed E-state index contributed by atoms with van der Waals surface area (Å²) in [5.41, 5.74) is -1.61. The van der Waals surface area contributed by atoms with Crippen LogP contribution in [0, 0.1) is 5.41 Å². The van der Waals surface area contributed by atoms with Crippen LogP contribution in [-0.2, 0) is 27.1 Å². The van der Waals surface area contributed by atoms with Gasteiger partial charge in [0, 0.05) is 23.4 Å². The molecule has 0 spiro atoms. The highest BCUT2D eigenvalue weighted by atomic mass is 19.4. The minimum absolute atomic E-state index is 0.134. The lowest BCUT2D eigenvalue weighted by atomic mass is 9.53. The molecule has 3 fully saturated rings. The fraction of sp³-hybridized carbons (Fsp3) is 0.652. The van der Waals surface area contributed by atoms with Gasteiger partial charge >= 0.3 is 12.1 Å². The molecule has 0 saturated heterocycles. The Morgan fingerprint density at radius 1 is 1.21 bits per heavy atom. The number of aliphatic hydroxyl groups is 1. The molecule has 3 heterocycles. The quantitative estimate of drug-likeness (QED) is 0.691. The Morgan fingerprint density at radius 2 is 1.85 bits per heavy atom. The Labute approximate surface area is 189 Å². The summed E-state index contributed by atoms with van der Waals surface area (Å²) in [5, 5.41) is 22.8. The van der Waals surface area contributed by atoms with E-state index >= 15 is 0 Å². The van der Waals surface area contributed by atoms with E-state index in [0.29, 0.717) is 23.4 Å². The molecule has 6 rings (SSSR count). The van der Waals surface area contributed by atoms with Gasteiger partial charge in [0.15, 0.2) is 0 Å². The van der Waals surface area contributed by atoms with E-state index in [2.05, 4.69) is 10.2 Å². The summed E-state index contributed by atoms with van der Waals surface area (Å²) < 4.78 is 47.7. The first-order valence-corrected chi connectivity index (χ1v) is 11.3. The number of hydrogen-bond acceptors (Lipinski definition) is 6. The summed E-state index contributed by atoms with van der Waals surface area (Å²) in [6, 6.07) is 1.95. The van der Waals surface area contributed by atoms with Gasteiger partial charge in [-0.1, -0.05) is 6.92 Å². The fourth-order valence-electron chi connectivity index (χ4n) is 6.07. The third-order valence-corrected chi connectivity index (χ3v) is 8.31. The topological polar surface area (TPSA) is 90.1 Å². The molecule has 178 valence electrons. The van der Waals surface area contributed by atoms with Gasteiger partial charge in [-0.25, -0.2) is 0 Å². The van der Waals surface area contributed by atoms with Crippen molar-refractivity contribution >= 4 is 5.97 Å². The summed E-state index contributed by atoms with van der Waals surface area (Å²) in [5.74, 6) is -0.465. The van der Waals surface area contributed by atoms with Crippen molar-refractivity contribution in [2.45, 2.75) is 82.0 Å². The number of methoxy groups -OCH3 is 1. The van der Waals surface area contributed by atoms with Crippen molar-refractivity contribution in [2.24, 2.45) is 5.41 Å². The second-order valence-corrected chi connectivity index (χ2v) is 10.1. The maximum absolute atomic E-state index is 13.6. The summed E-state index contributed by atoms with van der Waals surface area (Å²) in [7, 11) is 1.43. The van der Waals surface area contributed by atoms with E-state index in [9.17, 15) is 23.1 Å². The van der Waals surface area contributed by atoms with Crippen molar-refractivity contribution in [1.82, 2.24) is 20.0 Å². The Bertz CT molecular complexity index is 1100. The fourth-order valence-corrected chi connectivity index (χ4v) is 6.07. The summed E-state index contributed by atoms with van der Waals surface area (Å²) in [6.07, 6.45) is 1.29. The maximum atomic E-state index is 13.6. The molecule has 2 atom stereocenters. The van der Waals surface area contributed by atoms with E-state index in [1.165, 1.54) is 13.3 Å². The number of aromatic nitrogens is 4. The first-order chi connectivity index (χ1) is 15.4. The number of esters is 1. The molecule has 2 aromatic heterocycles. The molecular formula is C23H27F3N4O3. The SMILES string of the molecule is COC(=O)C12CCC(c3cc4n(n3)C[C@H](C)c3c-4cnnc3[C@@](C)(O)C(F)(F)F)(CC1)CC2. The molecule has 1 N–H and O–H groups in total. The van der Waals surface area contributed by atoms with Crippen LogP contribution in [0.4, 0.5) is 13.2 Å². The van der Waals surface area contributed by atoms with Crippen LogP contribution in [0.1, 0.15) is 75.2 Å². The maximum Gasteiger partial charge on any atom is 0.422 e. The van der Waals surface area contributed by atoms with Crippen LogP contribution >= 0.6 is 0 Å². The molecule has 2 aromatic rings.